The Bertz CT molecular complexity index is 744. The summed E-state index contributed by atoms with van der Waals surface area (Å²) in [5.74, 6) is 0.561. The van der Waals surface area contributed by atoms with Crippen LogP contribution in [0.4, 0.5) is 0 Å². The third-order valence-corrected chi connectivity index (χ3v) is 6.08. The van der Waals surface area contributed by atoms with E-state index in [1.807, 2.05) is 6.07 Å². The summed E-state index contributed by atoms with van der Waals surface area (Å²) in [7, 11) is 1.36. The molecule has 1 saturated carbocycles. The predicted octanol–water partition coefficient (Wildman–Crippen LogP) is 5.24. The summed E-state index contributed by atoms with van der Waals surface area (Å²) >= 11 is 1.69. The zero-order chi connectivity index (χ0) is 18.0. The first kappa shape index (κ1) is 18.1. The van der Waals surface area contributed by atoms with E-state index in [-0.39, 0.29) is 11.0 Å². The molecular weight excluding hydrogens is 336 g/mol. The molecule has 0 bridgehead atoms. The van der Waals surface area contributed by atoms with Crippen LogP contribution in [0, 0.1) is 13.8 Å². The minimum Gasteiger partial charge on any atom is -0.463 e. The molecule has 1 aliphatic rings. The van der Waals surface area contributed by atoms with Crippen molar-refractivity contribution in [3.05, 3.63) is 35.0 Å². The SMILES string of the molecule is COC(=O)c1ccc(C(C)Sc2nc(C)c(C)n2C2CCCCC2)o1. The van der Waals surface area contributed by atoms with Gasteiger partial charge in [-0.3, -0.25) is 0 Å². The molecular formula is C19H26N2O3S. The van der Waals surface area contributed by atoms with Crippen molar-refractivity contribution in [1.82, 2.24) is 9.55 Å². The Hall–Kier alpha value is -1.69. The molecule has 0 aromatic carbocycles. The van der Waals surface area contributed by atoms with E-state index in [0.29, 0.717) is 6.04 Å². The van der Waals surface area contributed by atoms with Crippen molar-refractivity contribution >= 4 is 17.7 Å². The number of thioether (sulfide) groups is 1. The average molecular weight is 362 g/mol. The molecule has 0 aliphatic heterocycles. The number of esters is 1. The van der Waals surface area contributed by atoms with Crippen LogP contribution in [0.3, 0.4) is 0 Å². The zero-order valence-electron chi connectivity index (χ0n) is 15.4. The number of aromatic nitrogens is 2. The second-order valence-corrected chi connectivity index (χ2v) is 7.99. The Labute approximate surface area is 153 Å². The lowest BCUT2D eigenvalue weighted by Gasteiger charge is -2.26. The fraction of sp³-hybridized carbons (Fsp3) is 0.579. The lowest BCUT2D eigenvalue weighted by molar-refractivity contribution is 0.0563. The Morgan fingerprint density at radius 2 is 2.04 bits per heavy atom. The minimum atomic E-state index is -0.446. The van der Waals surface area contributed by atoms with Gasteiger partial charge >= 0.3 is 5.97 Å². The highest BCUT2D eigenvalue weighted by Crippen LogP contribution is 2.40. The second-order valence-electron chi connectivity index (χ2n) is 6.68. The van der Waals surface area contributed by atoms with Gasteiger partial charge in [0.05, 0.1) is 18.1 Å². The number of hydrogen-bond donors (Lipinski definition) is 0. The highest BCUT2D eigenvalue weighted by molar-refractivity contribution is 7.99. The van der Waals surface area contributed by atoms with Crippen molar-refractivity contribution in [2.75, 3.05) is 7.11 Å². The van der Waals surface area contributed by atoms with Gasteiger partial charge in [0.2, 0.25) is 5.76 Å². The minimum absolute atomic E-state index is 0.0712. The molecule has 0 saturated heterocycles. The lowest BCUT2D eigenvalue weighted by Crippen LogP contribution is -2.15. The number of aryl methyl sites for hydroxylation is 1. The van der Waals surface area contributed by atoms with Gasteiger partial charge in [0.15, 0.2) is 5.16 Å². The molecule has 2 heterocycles. The van der Waals surface area contributed by atoms with E-state index < -0.39 is 5.97 Å². The first-order chi connectivity index (χ1) is 12.0. The Morgan fingerprint density at radius 3 is 2.72 bits per heavy atom. The first-order valence-corrected chi connectivity index (χ1v) is 9.79. The fourth-order valence-corrected chi connectivity index (χ4v) is 4.59. The molecule has 25 heavy (non-hydrogen) atoms. The topological polar surface area (TPSA) is 57.3 Å². The molecule has 1 fully saturated rings. The summed E-state index contributed by atoms with van der Waals surface area (Å²) in [5, 5.41) is 1.12. The Kier molecular flexibility index (Phi) is 5.57. The van der Waals surface area contributed by atoms with Crippen LogP contribution in [-0.2, 0) is 4.74 Å². The zero-order valence-corrected chi connectivity index (χ0v) is 16.2. The number of rotatable bonds is 5. The standard InChI is InChI=1S/C19H26N2O3S/c1-12-13(2)21(15-8-6-5-7-9-15)19(20-12)25-14(3)16-10-11-17(24-16)18(22)23-4/h10-11,14-15H,5-9H2,1-4H3. The summed E-state index contributed by atoms with van der Waals surface area (Å²) in [6.45, 7) is 6.31. The molecule has 0 radical (unpaired) electrons. The average Bonchev–Trinajstić information content (AvgIpc) is 3.21. The van der Waals surface area contributed by atoms with Crippen molar-refractivity contribution in [3.8, 4) is 0 Å². The van der Waals surface area contributed by atoms with E-state index in [9.17, 15) is 4.79 Å². The van der Waals surface area contributed by atoms with Crippen LogP contribution in [0.25, 0.3) is 0 Å². The van der Waals surface area contributed by atoms with E-state index in [1.165, 1.54) is 44.9 Å². The number of furan rings is 1. The third-order valence-electron chi connectivity index (χ3n) is 4.99. The first-order valence-electron chi connectivity index (χ1n) is 8.91. The quantitative estimate of drug-likeness (QED) is 0.538. The maximum absolute atomic E-state index is 11.6. The maximum Gasteiger partial charge on any atom is 0.373 e. The van der Waals surface area contributed by atoms with Crippen molar-refractivity contribution < 1.29 is 13.9 Å². The van der Waals surface area contributed by atoms with Gasteiger partial charge in [-0.1, -0.05) is 31.0 Å². The smallest absolute Gasteiger partial charge is 0.373 e. The number of carbonyl (C=O) groups excluding carboxylic acids is 1. The van der Waals surface area contributed by atoms with E-state index in [4.69, 9.17) is 14.1 Å². The van der Waals surface area contributed by atoms with Crippen molar-refractivity contribution in [2.45, 2.75) is 69.3 Å². The summed E-state index contributed by atoms with van der Waals surface area (Å²) in [6.07, 6.45) is 6.38. The van der Waals surface area contributed by atoms with Crippen LogP contribution < -0.4 is 0 Å². The van der Waals surface area contributed by atoms with Gasteiger partial charge in [-0.2, -0.15) is 0 Å². The van der Waals surface area contributed by atoms with E-state index >= 15 is 0 Å². The highest BCUT2D eigenvalue weighted by atomic mass is 32.2. The van der Waals surface area contributed by atoms with Crippen molar-refractivity contribution in [2.24, 2.45) is 0 Å². The number of methoxy groups -OCH3 is 1. The molecule has 136 valence electrons. The lowest BCUT2D eigenvalue weighted by atomic mass is 9.95. The number of ether oxygens (including phenoxy) is 1. The highest BCUT2D eigenvalue weighted by Gasteiger charge is 2.24. The second kappa shape index (κ2) is 7.68. The molecule has 5 nitrogen and oxygen atoms in total. The Morgan fingerprint density at radius 1 is 1.32 bits per heavy atom. The van der Waals surface area contributed by atoms with E-state index in [1.54, 1.807) is 17.8 Å². The molecule has 1 atom stereocenters. The molecule has 6 heteroatoms. The van der Waals surface area contributed by atoms with Gasteiger partial charge in [-0.05, 0) is 45.7 Å². The Balaban J connectivity index is 1.81. The van der Waals surface area contributed by atoms with Gasteiger partial charge in [-0.15, -0.1) is 0 Å². The fourth-order valence-electron chi connectivity index (χ4n) is 3.45. The molecule has 2 aromatic heterocycles. The third kappa shape index (κ3) is 3.78. The molecule has 2 aromatic rings. The van der Waals surface area contributed by atoms with Gasteiger partial charge in [0.25, 0.3) is 0 Å². The molecule has 1 aliphatic carbocycles. The summed E-state index contributed by atoms with van der Waals surface area (Å²) in [5.41, 5.74) is 2.35. The van der Waals surface area contributed by atoms with Gasteiger partial charge < -0.3 is 13.7 Å². The van der Waals surface area contributed by atoms with Gasteiger partial charge in [-0.25, -0.2) is 9.78 Å². The van der Waals surface area contributed by atoms with Crippen LogP contribution in [0.1, 0.15) is 78.0 Å². The normalized spacial score (nSPS) is 16.8. The van der Waals surface area contributed by atoms with E-state index in [2.05, 4.69) is 25.3 Å². The number of carbonyl (C=O) groups is 1. The number of nitrogens with zero attached hydrogens (tertiary/aromatic N) is 2. The maximum atomic E-state index is 11.6. The monoisotopic (exact) mass is 362 g/mol. The van der Waals surface area contributed by atoms with Crippen molar-refractivity contribution in [1.29, 1.82) is 0 Å². The van der Waals surface area contributed by atoms with Crippen LogP contribution in [0.15, 0.2) is 21.7 Å². The van der Waals surface area contributed by atoms with Gasteiger partial charge in [0.1, 0.15) is 5.76 Å². The van der Waals surface area contributed by atoms with E-state index in [0.717, 1.165) is 16.6 Å². The van der Waals surface area contributed by atoms with Crippen LogP contribution in [-0.4, -0.2) is 22.6 Å². The summed E-state index contributed by atoms with van der Waals surface area (Å²) < 4.78 is 12.8. The predicted molar refractivity (Wildman–Crippen MR) is 98.1 cm³/mol. The van der Waals surface area contributed by atoms with Crippen molar-refractivity contribution in [3.63, 3.8) is 0 Å². The molecule has 0 N–H and O–H groups in total. The molecule has 3 rings (SSSR count). The molecule has 0 amide bonds. The number of hydrogen-bond acceptors (Lipinski definition) is 5. The van der Waals surface area contributed by atoms with Crippen LogP contribution in [0.5, 0.6) is 0 Å². The number of imidazole rings is 1. The molecule has 1 unspecified atom stereocenters. The van der Waals surface area contributed by atoms with Gasteiger partial charge in [0, 0.05) is 11.7 Å². The summed E-state index contributed by atoms with van der Waals surface area (Å²) in [6, 6.07) is 4.06. The van der Waals surface area contributed by atoms with Crippen LogP contribution in [0.2, 0.25) is 0 Å². The summed E-state index contributed by atoms with van der Waals surface area (Å²) in [4.78, 5) is 16.4. The van der Waals surface area contributed by atoms with Crippen LogP contribution >= 0.6 is 11.8 Å². The largest absolute Gasteiger partial charge is 0.463 e. The molecule has 0 spiro atoms.